The second kappa shape index (κ2) is 5.41. The molecule has 0 aromatic heterocycles. The van der Waals surface area contributed by atoms with Crippen LogP contribution in [0.15, 0.2) is 30.3 Å². The van der Waals surface area contributed by atoms with E-state index < -0.39 is 0 Å². The van der Waals surface area contributed by atoms with Crippen molar-refractivity contribution in [2.75, 3.05) is 13.1 Å². The molecule has 0 amide bonds. The normalized spacial score (nSPS) is 24.4. The summed E-state index contributed by atoms with van der Waals surface area (Å²) in [6, 6.07) is 11.4. The molecule has 0 spiro atoms. The predicted octanol–water partition coefficient (Wildman–Crippen LogP) is 2.90. The number of hydrogen-bond acceptors (Lipinski definition) is 2. The van der Waals surface area contributed by atoms with Gasteiger partial charge in [-0.15, -0.1) is 0 Å². The monoisotopic (exact) mass is 246 g/mol. The number of nitrogens with zero attached hydrogens (tertiary/aromatic N) is 1. The zero-order valence-electron chi connectivity index (χ0n) is 12.1. The molecule has 1 heterocycles. The Bertz CT molecular complexity index is 370. The third-order valence-electron chi connectivity index (χ3n) is 4.09. The van der Waals surface area contributed by atoms with Crippen LogP contribution >= 0.6 is 0 Å². The van der Waals surface area contributed by atoms with Crippen LogP contribution in [0.5, 0.6) is 0 Å². The molecule has 1 aliphatic heterocycles. The molecule has 0 aliphatic carbocycles. The van der Waals surface area contributed by atoms with Gasteiger partial charge in [0.05, 0.1) is 0 Å². The van der Waals surface area contributed by atoms with Crippen LogP contribution in [-0.2, 0) is 6.54 Å². The van der Waals surface area contributed by atoms with E-state index in [1.165, 1.54) is 5.56 Å². The Morgan fingerprint density at radius 2 is 1.94 bits per heavy atom. The maximum Gasteiger partial charge on any atom is 0.0281 e. The summed E-state index contributed by atoms with van der Waals surface area (Å²) in [6.07, 6.45) is 0. The molecular weight excluding hydrogens is 220 g/mol. The Kier molecular flexibility index (Phi) is 4.08. The van der Waals surface area contributed by atoms with E-state index in [2.05, 4.69) is 68.2 Å². The lowest BCUT2D eigenvalue weighted by atomic mass is 9.92. The van der Waals surface area contributed by atoms with Gasteiger partial charge in [-0.2, -0.15) is 0 Å². The van der Waals surface area contributed by atoms with Gasteiger partial charge in [0.2, 0.25) is 0 Å². The average Bonchev–Trinajstić information content (AvgIpc) is 2.33. The Labute approximate surface area is 111 Å². The van der Waals surface area contributed by atoms with Gasteiger partial charge in [-0.25, -0.2) is 0 Å². The van der Waals surface area contributed by atoms with Crippen molar-refractivity contribution in [3.05, 3.63) is 35.9 Å². The molecular formula is C16H26N2. The van der Waals surface area contributed by atoms with Crippen molar-refractivity contribution in [2.45, 2.75) is 45.8 Å². The van der Waals surface area contributed by atoms with E-state index in [0.29, 0.717) is 12.0 Å². The van der Waals surface area contributed by atoms with E-state index in [0.717, 1.165) is 19.6 Å². The highest BCUT2D eigenvalue weighted by atomic mass is 15.3. The number of piperazine rings is 1. The quantitative estimate of drug-likeness (QED) is 0.882. The van der Waals surface area contributed by atoms with E-state index in [1.807, 2.05) is 0 Å². The lowest BCUT2D eigenvalue weighted by molar-refractivity contribution is 0.0475. The lowest BCUT2D eigenvalue weighted by Gasteiger charge is -2.47. The van der Waals surface area contributed by atoms with Crippen molar-refractivity contribution < 1.29 is 0 Å². The van der Waals surface area contributed by atoms with Crippen LogP contribution in [0.1, 0.15) is 33.3 Å². The van der Waals surface area contributed by atoms with Crippen molar-refractivity contribution >= 4 is 0 Å². The van der Waals surface area contributed by atoms with Gasteiger partial charge in [-0.3, -0.25) is 4.90 Å². The van der Waals surface area contributed by atoms with Crippen molar-refractivity contribution in [3.8, 4) is 0 Å². The standard InChI is InChI=1S/C16H26N2/c1-13(2)15-11-18(16(3,4)12-17-15)10-14-8-6-5-7-9-14/h5-9,13,15,17H,10-12H2,1-4H3. The minimum absolute atomic E-state index is 0.237. The molecule has 18 heavy (non-hydrogen) atoms. The van der Waals surface area contributed by atoms with E-state index in [9.17, 15) is 0 Å². The van der Waals surface area contributed by atoms with Gasteiger partial charge in [-0.1, -0.05) is 44.2 Å². The zero-order valence-corrected chi connectivity index (χ0v) is 12.1. The fraction of sp³-hybridized carbons (Fsp3) is 0.625. The molecule has 1 aromatic rings. The summed E-state index contributed by atoms with van der Waals surface area (Å²) in [7, 11) is 0. The summed E-state index contributed by atoms with van der Waals surface area (Å²) in [6.45, 7) is 12.5. The number of hydrogen-bond donors (Lipinski definition) is 1. The molecule has 1 N–H and O–H groups in total. The predicted molar refractivity (Wildman–Crippen MR) is 77.6 cm³/mol. The molecule has 1 aliphatic rings. The molecule has 0 saturated carbocycles. The first-order chi connectivity index (χ1) is 8.49. The molecule has 0 bridgehead atoms. The van der Waals surface area contributed by atoms with Crippen LogP contribution in [0.3, 0.4) is 0 Å². The van der Waals surface area contributed by atoms with Gasteiger partial charge >= 0.3 is 0 Å². The van der Waals surface area contributed by atoms with E-state index in [-0.39, 0.29) is 5.54 Å². The van der Waals surface area contributed by atoms with E-state index in [1.54, 1.807) is 0 Å². The molecule has 2 nitrogen and oxygen atoms in total. The largest absolute Gasteiger partial charge is 0.311 e. The lowest BCUT2D eigenvalue weighted by Crippen LogP contribution is -2.62. The van der Waals surface area contributed by atoms with Crippen molar-refractivity contribution in [2.24, 2.45) is 5.92 Å². The number of benzene rings is 1. The zero-order chi connectivity index (χ0) is 13.2. The van der Waals surface area contributed by atoms with E-state index >= 15 is 0 Å². The third-order valence-corrected chi connectivity index (χ3v) is 4.09. The van der Waals surface area contributed by atoms with Crippen LogP contribution in [-0.4, -0.2) is 29.6 Å². The third kappa shape index (κ3) is 3.12. The Morgan fingerprint density at radius 1 is 1.28 bits per heavy atom. The van der Waals surface area contributed by atoms with E-state index in [4.69, 9.17) is 0 Å². The average molecular weight is 246 g/mol. The van der Waals surface area contributed by atoms with Gasteiger partial charge in [-0.05, 0) is 25.3 Å². The second-order valence-electron chi connectivity index (χ2n) is 6.41. The topological polar surface area (TPSA) is 15.3 Å². The molecule has 2 heteroatoms. The van der Waals surface area contributed by atoms with Gasteiger partial charge < -0.3 is 5.32 Å². The van der Waals surface area contributed by atoms with Gasteiger partial charge in [0, 0.05) is 31.2 Å². The van der Waals surface area contributed by atoms with Crippen LogP contribution < -0.4 is 5.32 Å². The minimum Gasteiger partial charge on any atom is -0.311 e. The highest BCUT2D eigenvalue weighted by Crippen LogP contribution is 2.23. The summed E-state index contributed by atoms with van der Waals surface area (Å²) < 4.78 is 0. The Hall–Kier alpha value is -0.860. The molecule has 0 radical (unpaired) electrons. The molecule has 1 aromatic carbocycles. The molecule has 1 saturated heterocycles. The summed E-state index contributed by atoms with van der Waals surface area (Å²) in [5, 5.41) is 3.68. The SMILES string of the molecule is CC(C)C1CN(Cc2ccccc2)C(C)(C)CN1. The summed E-state index contributed by atoms with van der Waals surface area (Å²) in [4.78, 5) is 2.61. The molecule has 1 unspecified atom stereocenters. The smallest absolute Gasteiger partial charge is 0.0281 e. The first kappa shape index (κ1) is 13.6. The van der Waals surface area contributed by atoms with Crippen molar-refractivity contribution in [1.29, 1.82) is 0 Å². The summed E-state index contributed by atoms with van der Waals surface area (Å²) in [5.74, 6) is 0.694. The van der Waals surface area contributed by atoms with Gasteiger partial charge in [0.25, 0.3) is 0 Å². The van der Waals surface area contributed by atoms with Gasteiger partial charge in [0.1, 0.15) is 0 Å². The van der Waals surface area contributed by atoms with Crippen LogP contribution in [0.2, 0.25) is 0 Å². The summed E-state index contributed by atoms with van der Waals surface area (Å²) in [5.41, 5.74) is 1.65. The summed E-state index contributed by atoms with van der Waals surface area (Å²) >= 11 is 0. The Balaban J connectivity index is 2.08. The first-order valence-corrected chi connectivity index (χ1v) is 7.01. The Morgan fingerprint density at radius 3 is 2.56 bits per heavy atom. The highest BCUT2D eigenvalue weighted by Gasteiger charge is 2.34. The van der Waals surface area contributed by atoms with Crippen LogP contribution in [0, 0.1) is 5.92 Å². The molecule has 1 fully saturated rings. The molecule has 100 valence electrons. The number of nitrogens with one attached hydrogen (secondary N) is 1. The second-order valence-corrected chi connectivity index (χ2v) is 6.41. The fourth-order valence-electron chi connectivity index (χ4n) is 2.57. The van der Waals surface area contributed by atoms with Crippen molar-refractivity contribution in [3.63, 3.8) is 0 Å². The van der Waals surface area contributed by atoms with Crippen molar-refractivity contribution in [1.82, 2.24) is 10.2 Å². The number of rotatable bonds is 3. The molecule has 2 rings (SSSR count). The highest BCUT2D eigenvalue weighted by molar-refractivity contribution is 5.15. The minimum atomic E-state index is 0.237. The van der Waals surface area contributed by atoms with Crippen LogP contribution in [0.25, 0.3) is 0 Å². The fourth-order valence-corrected chi connectivity index (χ4v) is 2.57. The van der Waals surface area contributed by atoms with Crippen LogP contribution in [0.4, 0.5) is 0 Å². The maximum atomic E-state index is 3.68. The molecule has 1 atom stereocenters. The first-order valence-electron chi connectivity index (χ1n) is 7.01. The maximum absolute atomic E-state index is 3.68. The van der Waals surface area contributed by atoms with Gasteiger partial charge in [0.15, 0.2) is 0 Å².